The van der Waals surface area contributed by atoms with Crippen molar-refractivity contribution >= 4 is 22.9 Å². The van der Waals surface area contributed by atoms with Crippen molar-refractivity contribution in [3.8, 4) is 5.75 Å². The molecule has 0 radical (unpaired) electrons. The Kier molecular flexibility index (Phi) is 5.95. The summed E-state index contributed by atoms with van der Waals surface area (Å²) >= 11 is 0.968. The van der Waals surface area contributed by atoms with E-state index in [1.807, 2.05) is 36.4 Å². The molecule has 0 atom stereocenters. The zero-order valence-corrected chi connectivity index (χ0v) is 14.5. The molecular weight excluding hydrogens is 338 g/mol. The third kappa shape index (κ3) is 5.00. The summed E-state index contributed by atoms with van der Waals surface area (Å²) < 4.78 is 11.1. The SMILES string of the molecule is O=C1NC(=O)C(=CCCCCc2ccccc2OCc2ccco2)S1. The van der Waals surface area contributed by atoms with Crippen molar-refractivity contribution in [3.63, 3.8) is 0 Å². The normalized spacial score (nSPS) is 15.6. The molecule has 1 aromatic heterocycles. The Labute approximate surface area is 150 Å². The van der Waals surface area contributed by atoms with Gasteiger partial charge in [-0.1, -0.05) is 24.3 Å². The fraction of sp³-hybridized carbons (Fsp3) is 0.263. The fourth-order valence-corrected chi connectivity index (χ4v) is 3.24. The lowest BCUT2D eigenvalue weighted by molar-refractivity contribution is -0.115. The molecule has 130 valence electrons. The Hall–Kier alpha value is -2.47. The smallest absolute Gasteiger partial charge is 0.290 e. The average Bonchev–Trinajstić information content (AvgIpc) is 3.23. The number of nitrogens with one attached hydrogen (secondary N) is 1. The zero-order chi connectivity index (χ0) is 17.5. The molecule has 1 fully saturated rings. The number of hydrogen-bond acceptors (Lipinski definition) is 5. The number of amides is 2. The molecule has 0 saturated carbocycles. The number of thioether (sulfide) groups is 1. The number of para-hydroxylation sites is 1. The lowest BCUT2D eigenvalue weighted by Crippen LogP contribution is -2.17. The fourth-order valence-electron chi connectivity index (χ4n) is 2.55. The van der Waals surface area contributed by atoms with Crippen molar-refractivity contribution in [2.75, 3.05) is 0 Å². The van der Waals surface area contributed by atoms with Crippen LogP contribution in [0.4, 0.5) is 4.79 Å². The van der Waals surface area contributed by atoms with Crippen LogP contribution in [0.25, 0.3) is 0 Å². The summed E-state index contributed by atoms with van der Waals surface area (Å²) in [6.07, 6.45) is 7.07. The van der Waals surface area contributed by atoms with Crippen LogP contribution >= 0.6 is 11.8 Å². The van der Waals surface area contributed by atoms with E-state index < -0.39 is 0 Å². The molecule has 1 N–H and O–H groups in total. The number of imide groups is 1. The van der Waals surface area contributed by atoms with E-state index in [1.54, 1.807) is 6.26 Å². The van der Waals surface area contributed by atoms with Gasteiger partial charge in [0.25, 0.3) is 11.1 Å². The first kappa shape index (κ1) is 17.4. The van der Waals surface area contributed by atoms with Gasteiger partial charge in [-0.3, -0.25) is 14.9 Å². The Morgan fingerprint density at radius 3 is 2.76 bits per heavy atom. The maximum absolute atomic E-state index is 11.4. The Morgan fingerprint density at radius 2 is 2.00 bits per heavy atom. The van der Waals surface area contributed by atoms with Crippen LogP contribution in [0.1, 0.15) is 30.6 Å². The van der Waals surface area contributed by atoms with Gasteiger partial charge in [0, 0.05) is 0 Å². The molecular formula is C19H19NO4S. The van der Waals surface area contributed by atoms with E-state index in [0.717, 1.165) is 54.5 Å². The van der Waals surface area contributed by atoms with Gasteiger partial charge < -0.3 is 9.15 Å². The summed E-state index contributed by atoms with van der Waals surface area (Å²) in [6.45, 7) is 0.413. The van der Waals surface area contributed by atoms with Gasteiger partial charge in [-0.15, -0.1) is 0 Å². The zero-order valence-electron chi connectivity index (χ0n) is 13.7. The minimum absolute atomic E-state index is 0.285. The summed E-state index contributed by atoms with van der Waals surface area (Å²) in [6, 6.07) is 11.7. The number of unbranched alkanes of at least 4 members (excludes halogenated alkanes) is 2. The predicted octanol–water partition coefficient (Wildman–Crippen LogP) is 4.44. The third-order valence-electron chi connectivity index (χ3n) is 3.79. The number of furan rings is 1. The number of aryl methyl sites for hydroxylation is 1. The molecule has 25 heavy (non-hydrogen) atoms. The van der Waals surface area contributed by atoms with E-state index in [1.165, 1.54) is 0 Å². The lowest BCUT2D eigenvalue weighted by Gasteiger charge is -2.10. The number of carbonyl (C=O) groups is 2. The van der Waals surface area contributed by atoms with Gasteiger partial charge in [0.05, 0.1) is 11.2 Å². The monoisotopic (exact) mass is 357 g/mol. The maximum atomic E-state index is 11.4. The topological polar surface area (TPSA) is 68.5 Å². The predicted molar refractivity (Wildman–Crippen MR) is 96.2 cm³/mol. The second-order valence-electron chi connectivity index (χ2n) is 5.63. The first-order chi connectivity index (χ1) is 12.2. The van der Waals surface area contributed by atoms with Crippen LogP contribution < -0.4 is 10.1 Å². The largest absolute Gasteiger partial charge is 0.485 e. The highest BCUT2D eigenvalue weighted by molar-refractivity contribution is 8.18. The Balaban J connectivity index is 1.46. The number of hydrogen-bond donors (Lipinski definition) is 1. The van der Waals surface area contributed by atoms with E-state index in [2.05, 4.69) is 11.4 Å². The summed E-state index contributed by atoms with van der Waals surface area (Å²) in [5.41, 5.74) is 1.16. The van der Waals surface area contributed by atoms with Gasteiger partial charge in [0.15, 0.2) is 0 Å². The standard InChI is InChI=1S/C19H19NO4S/c21-18-17(25-19(22)20-18)11-3-1-2-7-14-8-4-5-10-16(14)24-13-15-9-6-12-23-15/h4-6,8-12H,1-3,7,13H2,(H,20,21,22). The van der Waals surface area contributed by atoms with Crippen LogP contribution in [0.15, 0.2) is 58.1 Å². The third-order valence-corrected chi connectivity index (χ3v) is 4.65. The number of ether oxygens (including phenoxy) is 1. The van der Waals surface area contributed by atoms with Gasteiger partial charge >= 0.3 is 0 Å². The lowest BCUT2D eigenvalue weighted by atomic mass is 10.1. The highest BCUT2D eigenvalue weighted by atomic mass is 32.2. The Bertz CT molecular complexity index is 767. The molecule has 3 rings (SSSR count). The molecule has 1 aliphatic rings. The van der Waals surface area contributed by atoms with Crippen molar-refractivity contribution in [1.82, 2.24) is 5.32 Å². The molecule has 6 heteroatoms. The molecule has 0 unspecified atom stereocenters. The molecule has 1 aliphatic heterocycles. The molecule has 2 heterocycles. The average molecular weight is 357 g/mol. The summed E-state index contributed by atoms with van der Waals surface area (Å²) in [7, 11) is 0. The van der Waals surface area contributed by atoms with Crippen molar-refractivity contribution in [2.24, 2.45) is 0 Å². The van der Waals surface area contributed by atoms with Crippen LogP contribution in [0.2, 0.25) is 0 Å². The van der Waals surface area contributed by atoms with Crippen LogP contribution in [-0.2, 0) is 17.8 Å². The summed E-state index contributed by atoms with van der Waals surface area (Å²) in [5.74, 6) is 1.38. The van der Waals surface area contributed by atoms with Crippen LogP contribution in [0.5, 0.6) is 5.75 Å². The second-order valence-corrected chi connectivity index (χ2v) is 6.65. The van der Waals surface area contributed by atoms with E-state index in [9.17, 15) is 9.59 Å². The maximum Gasteiger partial charge on any atom is 0.290 e. The molecule has 0 spiro atoms. The van der Waals surface area contributed by atoms with E-state index in [-0.39, 0.29) is 11.1 Å². The van der Waals surface area contributed by atoms with Crippen molar-refractivity contribution in [2.45, 2.75) is 32.3 Å². The minimum Gasteiger partial charge on any atom is -0.485 e. The van der Waals surface area contributed by atoms with Gasteiger partial charge in [-0.2, -0.15) is 0 Å². The molecule has 1 aromatic carbocycles. The molecule has 5 nitrogen and oxygen atoms in total. The highest BCUT2D eigenvalue weighted by Gasteiger charge is 2.24. The van der Waals surface area contributed by atoms with E-state index in [0.29, 0.717) is 11.5 Å². The van der Waals surface area contributed by atoms with Crippen molar-refractivity contribution < 1.29 is 18.7 Å². The molecule has 0 aliphatic carbocycles. The summed E-state index contributed by atoms with van der Waals surface area (Å²) in [4.78, 5) is 23.0. The van der Waals surface area contributed by atoms with Crippen LogP contribution in [-0.4, -0.2) is 11.1 Å². The van der Waals surface area contributed by atoms with Gasteiger partial charge in [-0.25, -0.2) is 0 Å². The first-order valence-electron chi connectivity index (χ1n) is 8.19. The van der Waals surface area contributed by atoms with Gasteiger partial charge in [0.2, 0.25) is 0 Å². The van der Waals surface area contributed by atoms with Crippen molar-refractivity contribution in [1.29, 1.82) is 0 Å². The number of benzene rings is 1. The highest BCUT2D eigenvalue weighted by Crippen LogP contribution is 2.25. The van der Waals surface area contributed by atoms with Gasteiger partial charge in [0.1, 0.15) is 18.1 Å². The van der Waals surface area contributed by atoms with Gasteiger partial charge in [-0.05, 0) is 61.2 Å². The molecule has 0 bridgehead atoms. The number of allylic oxidation sites excluding steroid dienone is 1. The van der Waals surface area contributed by atoms with Crippen LogP contribution in [0.3, 0.4) is 0 Å². The Morgan fingerprint density at radius 1 is 1.12 bits per heavy atom. The molecule has 2 aromatic rings. The first-order valence-corrected chi connectivity index (χ1v) is 9.00. The molecule has 2 amide bonds. The number of carbonyl (C=O) groups excluding carboxylic acids is 2. The van der Waals surface area contributed by atoms with Crippen LogP contribution in [0, 0.1) is 0 Å². The summed E-state index contributed by atoms with van der Waals surface area (Å²) in [5, 5.41) is 1.97. The number of rotatable bonds is 8. The quantitative estimate of drug-likeness (QED) is 0.559. The second kappa shape index (κ2) is 8.58. The van der Waals surface area contributed by atoms with E-state index >= 15 is 0 Å². The molecule has 1 saturated heterocycles. The van der Waals surface area contributed by atoms with E-state index in [4.69, 9.17) is 9.15 Å². The van der Waals surface area contributed by atoms with Crippen molar-refractivity contribution in [3.05, 3.63) is 65.0 Å². The minimum atomic E-state index is -0.293.